The summed E-state index contributed by atoms with van der Waals surface area (Å²) in [4.78, 5) is 23.4. The predicted molar refractivity (Wildman–Crippen MR) is 63.2 cm³/mol. The fourth-order valence-corrected chi connectivity index (χ4v) is 2.16. The van der Waals surface area contributed by atoms with Crippen LogP contribution in [0.4, 0.5) is 18.9 Å². The van der Waals surface area contributed by atoms with E-state index in [0.717, 1.165) is 0 Å². The molecule has 1 heterocycles. The van der Waals surface area contributed by atoms with E-state index in [9.17, 15) is 22.8 Å². The maximum Gasteiger partial charge on any atom is 0.471 e. The molecular formula is C13H12F3NO2. The lowest BCUT2D eigenvalue weighted by Crippen LogP contribution is -2.43. The van der Waals surface area contributed by atoms with Gasteiger partial charge in [0.15, 0.2) is 5.78 Å². The molecule has 1 aliphatic heterocycles. The molecule has 1 amide bonds. The Morgan fingerprint density at radius 2 is 1.95 bits per heavy atom. The molecule has 1 aliphatic rings. The van der Waals surface area contributed by atoms with Crippen molar-refractivity contribution in [1.82, 2.24) is 0 Å². The van der Waals surface area contributed by atoms with Gasteiger partial charge in [-0.2, -0.15) is 13.2 Å². The summed E-state index contributed by atoms with van der Waals surface area (Å²) in [5.41, 5.74) is 1.16. The van der Waals surface area contributed by atoms with E-state index in [0.29, 0.717) is 28.9 Å². The van der Waals surface area contributed by atoms with Gasteiger partial charge in [0.05, 0.1) is 0 Å². The van der Waals surface area contributed by atoms with Gasteiger partial charge in [0.1, 0.15) is 0 Å². The summed E-state index contributed by atoms with van der Waals surface area (Å²) in [7, 11) is 0. The van der Waals surface area contributed by atoms with Crippen molar-refractivity contribution in [3.63, 3.8) is 0 Å². The lowest BCUT2D eigenvalue weighted by Gasteiger charge is -2.30. The molecule has 102 valence electrons. The van der Waals surface area contributed by atoms with Crippen LogP contribution in [0.2, 0.25) is 0 Å². The van der Waals surface area contributed by atoms with Crippen LogP contribution in [-0.4, -0.2) is 24.4 Å². The minimum absolute atomic E-state index is 0.0205. The lowest BCUT2D eigenvalue weighted by atomic mass is 9.98. The van der Waals surface area contributed by atoms with E-state index in [4.69, 9.17) is 0 Å². The minimum atomic E-state index is -4.90. The fraction of sp³-hybridized carbons (Fsp3) is 0.385. The van der Waals surface area contributed by atoms with Crippen LogP contribution >= 0.6 is 0 Å². The predicted octanol–water partition coefficient (Wildman–Crippen LogP) is 2.73. The number of benzene rings is 1. The molecule has 0 saturated carbocycles. The Balaban J connectivity index is 2.45. The van der Waals surface area contributed by atoms with Gasteiger partial charge in [-0.05, 0) is 31.4 Å². The largest absolute Gasteiger partial charge is 0.471 e. The second-order valence-electron chi connectivity index (χ2n) is 4.46. The molecule has 2 rings (SSSR count). The lowest BCUT2D eigenvalue weighted by molar-refractivity contribution is -0.170. The van der Waals surface area contributed by atoms with Crippen molar-refractivity contribution >= 4 is 17.4 Å². The first-order chi connectivity index (χ1) is 8.80. The average molecular weight is 271 g/mol. The first-order valence-corrected chi connectivity index (χ1v) is 5.83. The van der Waals surface area contributed by atoms with Crippen LogP contribution in [0.1, 0.15) is 29.3 Å². The first-order valence-electron chi connectivity index (χ1n) is 5.83. The summed E-state index contributed by atoms with van der Waals surface area (Å²) in [6.07, 6.45) is -3.82. The second kappa shape index (κ2) is 4.68. The molecule has 1 aromatic rings. The number of nitrogens with zero attached hydrogens (tertiary/aromatic N) is 1. The molecule has 0 radical (unpaired) electrons. The number of rotatable bonds is 1. The van der Waals surface area contributed by atoms with Crippen LogP contribution in [0.3, 0.4) is 0 Å². The van der Waals surface area contributed by atoms with E-state index in [-0.39, 0.29) is 18.0 Å². The van der Waals surface area contributed by atoms with E-state index in [2.05, 4.69) is 0 Å². The highest BCUT2D eigenvalue weighted by molar-refractivity contribution is 6.01. The number of hydrogen-bond donors (Lipinski definition) is 0. The maximum atomic E-state index is 12.5. The van der Waals surface area contributed by atoms with E-state index in [1.807, 2.05) is 0 Å². The van der Waals surface area contributed by atoms with Crippen molar-refractivity contribution in [2.75, 3.05) is 11.4 Å². The molecule has 3 nitrogen and oxygen atoms in total. The summed E-state index contributed by atoms with van der Waals surface area (Å²) >= 11 is 0. The molecule has 19 heavy (non-hydrogen) atoms. The van der Waals surface area contributed by atoms with Gasteiger partial charge < -0.3 is 4.90 Å². The number of anilines is 1. The molecule has 0 spiro atoms. The smallest absolute Gasteiger partial charge is 0.304 e. The summed E-state index contributed by atoms with van der Waals surface area (Å²) < 4.78 is 37.6. The van der Waals surface area contributed by atoms with Crippen LogP contribution in [-0.2, 0) is 11.2 Å². The highest BCUT2D eigenvalue weighted by Gasteiger charge is 2.44. The number of amides is 1. The number of ketones is 1. The van der Waals surface area contributed by atoms with E-state index >= 15 is 0 Å². The van der Waals surface area contributed by atoms with Gasteiger partial charge in [-0.1, -0.05) is 12.1 Å². The Kier molecular flexibility index (Phi) is 3.34. The number of Topliss-reactive ketones (excluding diaryl/α,β-unsaturated/α-hetero) is 1. The normalized spacial score (nSPS) is 15.1. The van der Waals surface area contributed by atoms with Gasteiger partial charge in [-0.15, -0.1) is 0 Å². The molecule has 0 N–H and O–H groups in total. The zero-order valence-corrected chi connectivity index (χ0v) is 10.3. The summed E-state index contributed by atoms with van der Waals surface area (Å²) in [5, 5.41) is 0. The molecule has 6 heteroatoms. The van der Waals surface area contributed by atoms with Crippen LogP contribution < -0.4 is 4.90 Å². The Bertz CT molecular complexity index is 537. The van der Waals surface area contributed by atoms with Crippen LogP contribution in [0.15, 0.2) is 18.2 Å². The van der Waals surface area contributed by atoms with Crippen molar-refractivity contribution in [2.45, 2.75) is 25.9 Å². The number of fused-ring (bicyclic) bond motifs is 1. The van der Waals surface area contributed by atoms with Crippen molar-refractivity contribution in [1.29, 1.82) is 0 Å². The first kappa shape index (κ1) is 13.6. The van der Waals surface area contributed by atoms with Gasteiger partial charge in [0.25, 0.3) is 0 Å². The third-order valence-corrected chi connectivity index (χ3v) is 3.10. The zero-order valence-electron chi connectivity index (χ0n) is 10.3. The van der Waals surface area contributed by atoms with Crippen molar-refractivity contribution < 1.29 is 22.8 Å². The molecular weight excluding hydrogens is 259 g/mol. The van der Waals surface area contributed by atoms with Crippen LogP contribution in [0.25, 0.3) is 0 Å². The van der Waals surface area contributed by atoms with E-state index < -0.39 is 12.1 Å². The van der Waals surface area contributed by atoms with Crippen LogP contribution in [0, 0.1) is 0 Å². The third kappa shape index (κ3) is 2.62. The van der Waals surface area contributed by atoms with Gasteiger partial charge in [0, 0.05) is 17.8 Å². The number of hydrogen-bond acceptors (Lipinski definition) is 2. The van der Waals surface area contributed by atoms with Gasteiger partial charge in [-0.3, -0.25) is 9.59 Å². The van der Waals surface area contributed by atoms with Crippen LogP contribution in [0.5, 0.6) is 0 Å². The minimum Gasteiger partial charge on any atom is -0.304 e. The Morgan fingerprint density at radius 3 is 2.53 bits per heavy atom. The zero-order chi connectivity index (χ0) is 14.2. The molecule has 0 bridgehead atoms. The van der Waals surface area contributed by atoms with E-state index in [1.165, 1.54) is 13.0 Å². The van der Waals surface area contributed by atoms with E-state index in [1.54, 1.807) is 12.1 Å². The number of alkyl halides is 3. The molecule has 1 aromatic carbocycles. The molecule has 0 fully saturated rings. The van der Waals surface area contributed by atoms with Gasteiger partial charge in [-0.25, -0.2) is 0 Å². The summed E-state index contributed by atoms with van der Waals surface area (Å²) in [6, 6.07) is 4.55. The molecule has 0 aliphatic carbocycles. The Hall–Kier alpha value is -1.85. The SMILES string of the molecule is CC(=O)c1ccc2c(c1)N(C(=O)C(F)(F)F)CCC2. The Labute approximate surface area is 108 Å². The maximum absolute atomic E-state index is 12.5. The highest BCUT2D eigenvalue weighted by atomic mass is 19.4. The highest BCUT2D eigenvalue weighted by Crippen LogP contribution is 2.31. The number of halogens is 3. The van der Waals surface area contributed by atoms with Gasteiger partial charge in [0.2, 0.25) is 0 Å². The average Bonchev–Trinajstić information content (AvgIpc) is 2.35. The third-order valence-electron chi connectivity index (χ3n) is 3.10. The monoisotopic (exact) mass is 271 g/mol. The molecule has 0 unspecified atom stereocenters. The standard InChI is InChI=1S/C13H12F3NO2/c1-8(18)10-5-4-9-3-2-6-17(11(9)7-10)12(19)13(14,15)16/h4-5,7H,2-3,6H2,1H3. The second-order valence-corrected chi connectivity index (χ2v) is 4.46. The van der Waals surface area contributed by atoms with Gasteiger partial charge >= 0.3 is 12.1 Å². The molecule has 0 atom stereocenters. The van der Waals surface area contributed by atoms with Crippen molar-refractivity contribution in [3.05, 3.63) is 29.3 Å². The fourth-order valence-electron chi connectivity index (χ4n) is 2.16. The summed E-state index contributed by atoms with van der Waals surface area (Å²) in [6.45, 7) is 1.35. The Morgan fingerprint density at radius 1 is 1.26 bits per heavy atom. The van der Waals surface area contributed by atoms with Crippen molar-refractivity contribution in [3.8, 4) is 0 Å². The quantitative estimate of drug-likeness (QED) is 0.736. The molecule has 0 saturated heterocycles. The molecule has 0 aromatic heterocycles. The summed E-state index contributed by atoms with van der Waals surface area (Å²) in [5.74, 6) is -2.12. The topological polar surface area (TPSA) is 37.4 Å². The number of aryl methyl sites for hydroxylation is 1. The number of carbonyl (C=O) groups excluding carboxylic acids is 2. The van der Waals surface area contributed by atoms with Crippen molar-refractivity contribution in [2.24, 2.45) is 0 Å². The number of carbonyl (C=O) groups is 2.